The Balaban J connectivity index is 4.03. The third-order valence-electron chi connectivity index (χ3n) is 3.42. The van der Waals surface area contributed by atoms with Gasteiger partial charge in [0.2, 0.25) is 0 Å². The SMILES string of the molecule is Cc1c(C)c([N+](=O)[O-])c(C(C)(C)C)c([N+](=O)[O-])c1C. The molecule has 1 aromatic carbocycles. The van der Waals surface area contributed by atoms with Crippen LogP contribution in [0.2, 0.25) is 0 Å². The van der Waals surface area contributed by atoms with E-state index in [0.717, 1.165) is 0 Å². The van der Waals surface area contributed by atoms with Crippen LogP contribution in [0.25, 0.3) is 0 Å². The first-order valence-corrected chi connectivity index (χ1v) is 5.93. The molecule has 0 aliphatic heterocycles. The Hall–Kier alpha value is -1.98. The van der Waals surface area contributed by atoms with Crippen LogP contribution in [0.5, 0.6) is 0 Å². The summed E-state index contributed by atoms with van der Waals surface area (Å²) in [5.74, 6) is 0. The summed E-state index contributed by atoms with van der Waals surface area (Å²) in [7, 11) is 0. The van der Waals surface area contributed by atoms with Crippen LogP contribution in [0.3, 0.4) is 0 Å². The number of benzene rings is 1. The van der Waals surface area contributed by atoms with Gasteiger partial charge in [-0.15, -0.1) is 0 Å². The molecule has 0 atom stereocenters. The highest BCUT2D eigenvalue weighted by molar-refractivity contribution is 5.67. The quantitative estimate of drug-likeness (QED) is 0.602. The van der Waals surface area contributed by atoms with E-state index < -0.39 is 15.3 Å². The summed E-state index contributed by atoms with van der Waals surface area (Å²) in [6.45, 7) is 10.2. The topological polar surface area (TPSA) is 86.3 Å². The fraction of sp³-hybridized carbons (Fsp3) is 0.538. The van der Waals surface area contributed by atoms with Gasteiger partial charge < -0.3 is 0 Å². The molecule has 0 saturated heterocycles. The second kappa shape index (κ2) is 4.60. The minimum Gasteiger partial charge on any atom is -0.258 e. The van der Waals surface area contributed by atoms with Crippen molar-refractivity contribution in [2.24, 2.45) is 0 Å². The van der Waals surface area contributed by atoms with Gasteiger partial charge in [0, 0.05) is 16.5 Å². The average Bonchev–Trinajstić information content (AvgIpc) is 2.22. The molecule has 6 heteroatoms. The van der Waals surface area contributed by atoms with Crippen molar-refractivity contribution in [3.05, 3.63) is 42.5 Å². The van der Waals surface area contributed by atoms with Gasteiger partial charge in [0.05, 0.1) is 9.85 Å². The molecule has 0 saturated carbocycles. The summed E-state index contributed by atoms with van der Waals surface area (Å²) in [5, 5.41) is 22.6. The summed E-state index contributed by atoms with van der Waals surface area (Å²) in [6.07, 6.45) is 0. The number of nitro groups is 2. The van der Waals surface area contributed by atoms with Crippen LogP contribution in [-0.4, -0.2) is 9.85 Å². The van der Waals surface area contributed by atoms with E-state index in [0.29, 0.717) is 16.7 Å². The fourth-order valence-corrected chi connectivity index (χ4v) is 2.29. The summed E-state index contributed by atoms with van der Waals surface area (Å²) in [6, 6.07) is 0. The zero-order valence-electron chi connectivity index (χ0n) is 12.0. The van der Waals surface area contributed by atoms with Crippen molar-refractivity contribution >= 4 is 11.4 Å². The molecule has 1 aromatic rings. The molecular formula is C13H18N2O4. The first kappa shape index (κ1) is 15.1. The van der Waals surface area contributed by atoms with E-state index in [-0.39, 0.29) is 16.9 Å². The van der Waals surface area contributed by atoms with Crippen molar-refractivity contribution < 1.29 is 9.85 Å². The van der Waals surface area contributed by atoms with Crippen LogP contribution >= 0.6 is 0 Å². The predicted molar refractivity (Wildman–Crippen MR) is 72.7 cm³/mol. The van der Waals surface area contributed by atoms with Gasteiger partial charge in [-0.25, -0.2) is 0 Å². The van der Waals surface area contributed by atoms with Crippen molar-refractivity contribution in [1.82, 2.24) is 0 Å². The number of hydrogen-bond acceptors (Lipinski definition) is 4. The number of nitrogens with zero attached hydrogens (tertiary/aromatic N) is 2. The maximum atomic E-state index is 11.3. The summed E-state index contributed by atoms with van der Waals surface area (Å²) in [5.41, 5.74) is 0.851. The highest BCUT2D eigenvalue weighted by Gasteiger charge is 2.38. The van der Waals surface area contributed by atoms with Gasteiger partial charge in [0.25, 0.3) is 11.4 Å². The Morgan fingerprint density at radius 2 is 1.11 bits per heavy atom. The van der Waals surface area contributed by atoms with Crippen LogP contribution in [0.15, 0.2) is 0 Å². The van der Waals surface area contributed by atoms with Gasteiger partial charge >= 0.3 is 0 Å². The Morgan fingerprint density at radius 3 is 1.32 bits per heavy atom. The molecule has 0 radical (unpaired) electrons. The van der Waals surface area contributed by atoms with Gasteiger partial charge in [-0.2, -0.15) is 0 Å². The van der Waals surface area contributed by atoms with Crippen molar-refractivity contribution in [3.8, 4) is 0 Å². The maximum Gasteiger partial charge on any atom is 0.283 e. The van der Waals surface area contributed by atoms with Crippen molar-refractivity contribution in [2.45, 2.75) is 47.0 Å². The third-order valence-corrected chi connectivity index (χ3v) is 3.42. The molecule has 0 amide bonds. The molecular weight excluding hydrogens is 248 g/mol. The third kappa shape index (κ3) is 2.43. The molecule has 0 aromatic heterocycles. The molecule has 0 heterocycles. The minimum absolute atomic E-state index is 0.137. The van der Waals surface area contributed by atoms with Gasteiger partial charge in [0.15, 0.2) is 0 Å². The molecule has 104 valence electrons. The smallest absolute Gasteiger partial charge is 0.258 e. The lowest BCUT2D eigenvalue weighted by molar-refractivity contribution is -0.397. The minimum atomic E-state index is -0.673. The lowest BCUT2D eigenvalue weighted by Crippen LogP contribution is -2.19. The molecule has 0 fully saturated rings. The maximum absolute atomic E-state index is 11.3. The Bertz CT molecular complexity index is 530. The summed E-state index contributed by atoms with van der Waals surface area (Å²) >= 11 is 0. The van der Waals surface area contributed by atoms with Crippen LogP contribution in [0, 0.1) is 41.0 Å². The predicted octanol–water partition coefficient (Wildman–Crippen LogP) is 3.73. The van der Waals surface area contributed by atoms with Crippen molar-refractivity contribution in [2.75, 3.05) is 0 Å². The zero-order valence-corrected chi connectivity index (χ0v) is 12.0. The van der Waals surface area contributed by atoms with E-state index in [1.807, 2.05) is 0 Å². The molecule has 0 N–H and O–H groups in total. The molecule has 1 rings (SSSR count). The monoisotopic (exact) mass is 266 g/mol. The summed E-state index contributed by atoms with van der Waals surface area (Å²) < 4.78 is 0. The molecule has 0 aliphatic carbocycles. The van der Waals surface area contributed by atoms with E-state index in [9.17, 15) is 20.2 Å². The normalized spacial score (nSPS) is 11.5. The van der Waals surface area contributed by atoms with Gasteiger partial charge in [-0.3, -0.25) is 20.2 Å². The van der Waals surface area contributed by atoms with Crippen LogP contribution in [0.1, 0.15) is 43.0 Å². The molecule has 6 nitrogen and oxygen atoms in total. The van der Waals surface area contributed by atoms with Crippen LogP contribution in [0.4, 0.5) is 11.4 Å². The molecule has 0 unspecified atom stereocenters. The highest BCUT2D eigenvalue weighted by atomic mass is 16.6. The average molecular weight is 266 g/mol. The Kier molecular flexibility index (Phi) is 3.65. The van der Waals surface area contributed by atoms with Gasteiger partial charge in [-0.1, -0.05) is 20.8 Å². The first-order valence-electron chi connectivity index (χ1n) is 5.93. The van der Waals surface area contributed by atoms with E-state index in [2.05, 4.69) is 0 Å². The second-order valence-electron chi connectivity index (χ2n) is 5.71. The molecule has 0 spiro atoms. The van der Waals surface area contributed by atoms with E-state index in [1.54, 1.807) is 41.5 Å². The van der Waals surface area contributed by atoms with Gasteiger partial charge in [0.1, 0.15) is 5.56 Å². The van der Waals surface area contributed by atoms with Crippen molar-refractivity contribution in [3.63, 3.8) is 0 Å². The number of nitro benzene ring substituents is 2. The lowest BCUT2D eigenvalue weighted by atomic mass is 9.80. The number of hydrogen-bond donors (Lipinski definition) is 0. The van der Waals surface area contributed by atoms with Crippen LogP contribution < -0.4 is 0 Å². The largest absolute Gasteiger partial charge is 0.283 e. The number of rotatable bonds is 2. The highest BCUT2D eigenvalue weighted by Crippen LogP contribution is 2.44. The fourth-order valence-electron chi connectivity index (χ4n) is 2.29. The first-order chi connectivity index (χ1) is 8.50. The second-order valence-corrected chi connectivity index (χ2v) is 5.71. The van der Waals surface area contributed by atoms with E-state index in [1.165, 1.54) is 0 Å². The van der Waals surface area contributed by atoms with Crippen LogP contribution in [-0.2, 0) is 5.41 Å². The Labute approximate surface area is 111 Å². The molecule has 0 bridgehead atoms. The Morgan fingerprint density at radius 1 is 0.789 bits per heavy atom. The molecule has 0 aliphatic rings. The summed E-state index contributed by atoms with van der Waals surface area (Å²) in [4.78, 5) is 21.6. The standard InChI is InChI=1S/C13H18N2O4/c1-7-8(2)11(14(16)17)10(13(4,5)6)12(9(7)3)15(18)19/h1-6H3. The van der Waals surface area contributed by atoms with E-state index in [4.69, 9.17) is 0 Å². The molecule has 19 heavy (non-hydrogen) atoms. The van der Waals surface area contributed by atoms with Gasteiger partial charge in [-0.05, 0) is 26.3 Å². The van der Waals surface area contributed by atoms with Crippen molar-refractivity contribution in [1.29, 1.82) is 0 Å². The van der Waals surface area contributed by atoms with E-state index >= 15 is 0 Å². The zero-order chi connectivity index (χ0) is 15.1. The lowest BCUT2D eigenvalue weighted by Gasteiger charge is -2.22.